The van der Waals surface area contributed by atoms with Crippen LogP contribution >= 0.6 is 0 Å². The van der Waals surface area contributed by atoms with Crippen LogP contribution in [0.1, 0.15) is 52.4 Å². The van der Waals surface area contributed by atoms with E-state index in [1.807, 2.05) is 31.2 Å². The Kier molecular flexibility index (Phi) is 6.12. The molecule has 24 heavy (non-hydrogen) atoms. The number of aromatic nitrogens is 2. The number of carbonyl (C=O) groups excluding carboxylic acids is 2. The number of aromatic amines is 1. The minimum atomic E-state index is -0.344. The average molecular weight is 328 g/mol. The molecule has 1 aromatic carbocycles. The van der Waals surface area contributed by atoms with Gasteiger partial charge in [-0.15, -0.1) is 0 Å². The number of carbonyl (C=O) groups is 2. The van der Waals surface area contributed by atoms with Crippen molar-refractivity contribution in [2.75, 3.05) is 6.54 Å². The number of H-pyrrole nitrogens is 1. The third kappa shape index (κ3) is 4.94. The van der Waals surface area contributed by atoms with Crippen molar-refractivity contribution in [2.45, 2.75) is 33.7 Å². The van der Waals surface area contributed by atoms with Gasteiger partial charge in [0, 0.05) is 13.1 Å². The van der Waals surface area contributed by atoms with E-state index in [9.17, 15) is 9.59 Å². The summed E-state index contributed by atoms with van der Waals surface area (Å²) in [6.07, 6.45) is 2.24. The Morgan fingerprint density at radius 1 is 1.21 bits per heavy atom. The molecular formula is C18H24N4O2. The molecule has 6 heteroatoms. The van der Waals surface area contributed by atoms with Gasteiger partial charge in [-0.1, -0.05) is 43.7 Å². The lowest BCUT2D eigenvalue weighted by molar-refractivity contribution is 0.0911. The summed E-state index contributed by atoms with van der Waals surface area (Å²) in [5.41, 5.74) is 2.45. The van der Waals surface area contributed by atoms with E-state index < -0.39 is 0 Å². The Bertz CT molecular complexity index is 707. The molecule has 3 N–H and O–H groups in total. The van der Waals surface area contributed by atoms with Crippen molar-refractivity contribution in [2.24, 2.45) is 5.92 Å². The van der Waals surface area contributed by atoms with E-state index in [1.165, 1.54) is 6.33 Å². The number of nitrogens with one attached hydrogen (secondary N) is 3. The Labute approximate surface area is 142 Å². The molecule has 6 nitrogen and oxygen atoms in total. The van der Waals surface area contributed by atoms with Crippen molar-refractivity contribution >= 4 is 11.8 Å². The van der Waals surface area contributed by atoms with Gasteiger partial charge in [0.25, 0.3) is 11.8 Å². The highest BCUT2D eigenvalue weighted by molar-refractivity contribution is 6.04. The van der Waals surface area contributed by atoms with E-state index in [4.69, 9.17) is 0 Å². The zero-order valence-electron chi connectivity index (χ0n) is 14.3. The number of rotatable bonds is 7. The molecule has 128 valence electrons. The molecule has 2 aromatic rings. The second-order valence-corrected chi connectivity index (χ2v) is 6.24. The van der Waals surface area contributed by atoms with E-state index in [2.05, 4.69) is 34.4 Å². The fourth-order valence-corrected chi connectivity index (χ4v) is 2.29. The van der Waals surface area contributed by atoms with E-state index in [0.29, 0.717) is 19.0 Å². The van der Waals surface area contributed by atoms with Crippen molar-refractivity contribution in [3.05, 3.63) is 53.1 Å². The van der Waals surface area contributed by atoms with Gasteiger partial charge in [0.2, 0.25) is 0 Å². The van der Waals surface area contributed by atoms with E-state index in [-0.39, 0.29) is 23.2 Å². The largest absolute Gasteiger partial charge is 0.351 e. The van der Waals surface area contributed by atoms with Gasteiger partial charge in [-0.25, -0.2) is 4.98 Å². The summed E-state index contributed by atoms with van der Waals surface area (Å²) in [5, 5.41) is 5.60. The first-order chi connectivity index (χ1) is 11.5. The van der Waals surface area contributed by atoms with Gasteiger partial charge in [0.05, 0.1) is 6.33 Å². The molecule has 0 aliphatic heterocycles. The van der Waals surface area contributed by atoms with Gasteiger partial charge >= 0.3 is 0 Å². The fourth-order valence-electron chi connectivity index (χ4n) is 2.29. The summed E-state index contributed by atoms with van der Waals surface area (Å²) in [7, 11) is 0. The zero-order valence-corrected chi connectivity index (χ0v) is 14.3. The summed E-state index contributed by atoms with van der Waals surface area (Å²) in [6, 6.07) is 7.90. The molecule has 2 rings (SSSR count). The molecule has 2 amide bonds. The van der Waals surface area contributed by atoms with E-state index >= 15 is 0 Å². The van der Waals surface area contributed by atoms with Crippen molar-refractivity contribution in [3.8, 4) is 0 Å². The molecular weight excluding hydrogens is 304 g/mol. The number of benzene rings is 1. The first-order valence-corrected chi connectivity index (χ1v) is 8.12. The highest BCUT2D eigenvalue weighted by Gasteiger charge is 2.19. The summed E-state index contributed by atoms with van der Waals surface area (Å²) in [6.45, 7) is 7.14. The molecule has 0 unspecified atom stereocenters. The SMILES string of the molecule is Cc1cccc(CNC(=O)c2[nH]cnc2C(=O)NCCC(C)C)c1. The highest BCUT2D eigenvalue weighted by atomic mass is 16.2. The molecule has 0 atom stereocenters. The Balaban J connectivity index is 1.95. The lowest BCUT2D eigenvalue weighted by Gasteiger charge is -2.08. The standard InChI is InChI=1S/C18H24N4O2/c1-12(2)7-8-19-17(23)15-16(22-11-21-15)18(24)20-10-14-6-4-5-13(3)9-14/h4-6,9,11-12H,7-8,10H2,1-3H3,(H,19,23)(H,20,24)(H,21,22). The van der Waals surface area contributed by atoms with Crippen LogP contribution in [0.2, 0.25) is 0 Å². The van der Waals surface area contributed by atoms with Crippen LogP contribution in [0.15, 0.2) is 30.6 Å². The molecule has 0 saturated heterocycles. The maximum absolute atomic E-state index is 12.3. The van der Waals surface area contributed by atoms with Crippen molar-refractivity contribution in [1.29, 1.82) is 0 Å². The summed E-state index contributed by atoms with van der Waals surface area (Å²) >= 11 is 0. The highest BCUT2D eigenvalue weighted by Crippen LogP contribution is 2.06. The average Bonchev–Trinajstić information content (AvgIpc) is 3.02. The second-order valence-electron chi connectivity index (χ2n) is 6.24. The van der Waals surface area contributed by atoms with Crippen molar-refractivity contribution in [1.82, 2.24) is 20.6 Å². The summed E-state index contributed by atoms with van der Waals surface area (Å²) < 4.78 is 0. The number of amides is 2. The molecule has 0 aliphatic carbocycles. The van der Waals surface area contributed by atoms with Gasteiger partial charge < -0.3 is 15.6 Å². The monoisotopic (exact) mass is 328 g/mol. The van der Waals surface area contributed by atoms with Crippen LogP contribution in [-0.4, -0.2) is 28.3 Å². The molecule has 0 bridgehead atoms. The molecule has 1 aromatic heterocycles. The van der Waals surface area contributed by atoms with Gasteiger partial charge in [-0.2, -0.15) is 0 Å². The molecule has 0 radical (unpaired) electrons. The van der Waals surface area contributed by atoms with Crippen molar-refractivity contribution < 1.29 is 9.59 Å². The Hall–Kier alpha value is -2.63. The van der Waals surface area contributed by atoms with Crippen LogP contribution in [0.25, 0.3) is 0 Å². The fraction of sp³-hybridized carbons (Fsp3) is 0.389. The van der Waals surface area contributed by atoms with Gasteiger partial charge in [0.1, 0.15) is 5.69 Å². The third-order valence-corrected chi connectivity index (χ3v) is 3.62. The van der Waals surface area contributed by atoms with Gasteiger partial charge in [-0.3, -0.25) is 9.59 Å². The number of hydrogen-bond donors (Lipinski definition) is 3. The topological polar surface area (TPSA) is 86.9 Å². The smallest absolute Gasteiger partial charge is 0.272 e. The van der Waals surface area contributed by atoms with E-state index in [0.717, 1.165) is 17.5 Å². The molecule has 0 spiro atoms. The van der Waals surface area contributed by atoms with Gasteiger partial charge in [0.15, 0.2) is 5.69 Å². The normalized spacial score (nSPS) is 10.7. The predicted octanol–water partition coefficient (Wildman–Crippen LogP) is 2.42. The van der Waals surface area contributed by atoms with Crippen molar-refractivity contribution in [3.63, 3.8) is 0 Å². The zero-order chi connectivity index (χ0) is 17.5. The number of nitrogens with zero attached hydrogens (tertiary/aromatic N) is 1. The third-order valence-electron chi connectivity index (χ3n) is 3.62. The maximum atomic E-state index is 12.3. The summed E-state index contributed by atoms with van der Waals surface area (Å²) in [4.78, 5) is 31.2. The molecule has 1 heterocycles. The van der Waals surface area contributed by atoms with Crippen LogP contribution in [-0.2, 0) is 6.54 Å². The first kappa shape index (κ1) is 17.7. The minimum Gasteiger partial charge on any atom is -0.351 e. The Morgan fingerprint density at radius 3 is 2.71 bits per heavy atom. The molecule has 0 fully saturated rings. The number of hydrogen-bond acceptors (Lipinski definition) is 3. The number of imidazole rings is 1. The quantitative estimate of drug-likeness (QED) is 0.729. The minimum absolute atomic E-state index is 0.125. The Morgan fingerprint density at radius 2 is 2.00 bits per heavy atom. The molecule has 0 saturated carbocycles. The van der Waals surface area contributed by atoms with Crippen LogP contribution in [0, 0.1) is 12.8 Å². The second kappa shape index (κ2) is 8.29. The summed E-state index contributed by atoms with van der Waals surface area (Å²) in [5.74, 6) is -0.179. The van der Waals surface area contributed by atoms with Crippen LogP contribution in [0.3, 0.4) is 0 Å². The molecule has 0 aliphatic rings. The predicted molar refractivity (Wildman–Crippen MR) is 92.7 cm³/mol. The first-order valence-electron chi connectivity index (χ1n) is 8.12. The van der Waals surface area contributed by atoms with Gasteiger partial charge in [-0.05, 0) is 24.8 Å². The van der Waals surface area contributed by atoms with Crippen LogP contribution in [0.5, 0.6) is 0 Å². The van der Waals surface area contributed by atoms with Crippen LogP contribution < -0.4 is 10.6 Å². The van der Waals surface area contributed by atoms with Crippen LogP contribution in [0.4, 0.5) is 0 Å². The van der Waals surface area contributed by atoms with E-state index in [1.54, 1.807) is 0 Å². The lowest BCUT2D eigenvalue weighted by Crippen LogP contribution is -2.30. The number of aryl methyl sites for hydroxylation is 1. The lowest BCUT2D eigenvalue weighted by atomic mass is 10.1. The maximum Gasteiger partial charge on any atom is 0.272 e.